The van der Waals surface area contributed by atoms with Gasteiger partial charge in [0.25, 0.3) is 0 Å². The maximum atomic E-state index is 12.2. The number of nitrogens with two attached hydrogens (primary N) is 1. The van der Waals surface area contributed by atoms with Gasteiger partial charge in [-0.15, -0.1) is 0 Å². The van der Waals surface area contributed by atoms with E-state index in [1.165, 1.54) is 5.56 Å². The normalized spacial score (nSPS) is 22.6. The molecule has 0 aromatic heterocycles. The third-order valence-electron chi connectivity index (χ3n) is 5.45. The van der Waals surface area contributed by atoms with Gasteiger partial charge in [-0.25, -0.2) is 4.79 Å². The van der Waals surface area contributed by atoms with Crippen molar-refractivity contribution in [3.8, 4) is 0 Å². The van der Waals surface area contributed by atoms with Crippen molar-refractivity contribution < 1.29 is 9.59 Å². The van der Waals surface area contributed by atoms with Gasteiger partial charge in [0, 0.05) is 19.6 Å². The first-order valence-corrected chi connectivity index (χ1v) is 9.20. The highest BCUT2D eigenvalue weighted by Gasteiger charge is 2.41. The fourth-order valence-corrected chi connectivity index (χ4v) is 3.97. The minimum Gasteiger partial charge on any atom is -0.368 e. The predicted molar refractivity (Wildman–Crippen MR) is 96.8 cm³/mol. The summed E-state index contributed by atoms with van der Waals surface area (Å²) in [6.45, 7) is 3.62. The molecule has 1 heterocycles. The number of carbonyl (C=O) groups is 2. The van der Waals surface area contributed by atoms with Crippen molar-refractivity contribution in [2.24, 2.45) is 11.7 Å². The second-order valence-corrected chi connectivity index (χ2v) is 7.36. The van der Waals surface area contributed by atoms with Crippen molar-refractivity contribution in [2.75, 3.05) is 19.6 Å². The predicted octanol–water partition coefficient (Wildman–Crippen LogP) is 1.61. The molecule has 3 rings (SSSR count). The molecule has 2 aliphatic rings. The Kier molecular flexibility index (Phi) is 5.58. The molecule has 1 aliphatic carbocycles. The van der Waals surface area contributed by atoms with Gasteiger partial charge in [-0.3, -0.25) is 9.69 Å². The fourth-order valence-electron chi connectivity index (χ4n) is 3.97. The Bertz CT molecular complexity index is 599. The average Bonchev–Trinajstić information content (AvgIpc) is 3.24. The van der Waals surface area contributed by atoms with Crippen molar-refractivity contribution >= 4 is 11.9 Å². The van der Waals surface area contributed by atoms with E-state index < -0.39 is 11.4 Å². The van der Waals surface area contributed by atoms with Crippen LogP contribution in [0.15, 0.2) is 30.3 Å². The molecule has 3 amide bonds. The number of hydrogen-bond donors (Lipinski definition) is 3. The second kappa shape index (κ2) is 7.87. The molecule has 1 atom stereocenters. The molecule has 1 aromatic carbocycles. The zero-order valence-electron chi connectivity index (χ0n) is 14.7. The van der Waals surface area contributed by atoms with Crippen LogP contribution in [0.5, 0.6) is 0 Å². The summed E-state index contributed by atoms with van der Waals surface area (Å²) in [7, 11) is 0. The van der Waals surface area contributed by atoms with E-state index in [2.05, 4.69) is 39.8 Å². The van der Waals surface area contributed by atoms with E-state index in [4.69, 9.17) is 5.73 Å². The van der Waals surface area contributed by atoms with Crippen LogP contribution in [0.25, 0.3) is 0 Å². The molecule has 0 radical (unpaired) electrons. The van der Waals surface area contributed by atoms with Crippen LogP contribution in [-0.4, -0.2) is 42.0 Å². The molecule has 6 heteroatoms. The first-order chi connectivity index (χ1) is 12.1. The molecule has 6 nitrogen and oxygen atoms in total. The number of rotatable bonds is 6. The van der Waals surface area contributed by atoms with Crippen molar-refractivity contribution in [1.82, 2.24) is 15.5 Å². The fraction of sp³-hybridized carbons (Fsp3) is 0.579. The quantitative estimate of drug-likeness (QED) is 0.732. The maximum Gasteiger partial charge on any atom is 0.315 e. The van der Waals surface area contributed by atoms with E-state index >= 15 is 0 Å². The van der Waals surface area contributed by atoms with E-state index in [-0.39, 0.29) is 6.03 Å². The minimum atomic E-state index is -0.848. The Morgan fingerprint density at radius 2 is 1.92 bits per heavy atom. The molecule has 4 N–H and O–H groups in total. The molecule has 1 aliphatic heterocycles. The summed E-state index contributed by atoms with van der Waals surface area (Å²) in [5, 5.41) is 5.76. The zero-order valence-corrected chi connectivity index (χ0v) is 14.7. The molecule has 1 aromatic rings. The Morgan fingerprint density at radius 1 is 1.20 bits per heavy atom. The van der Waals surface area contributed by atoms with Crippen LogP contribution in [0, 0.1) is 5.92 Å². The van der Waals surface area contributed by atoms with Crippen LogP contribution >= 0.6 is 0 Å². The van der Waals surface area contributed by atoms with E-state index in [0.717, 1.165) is 38.9 Å². The topological polar surface area (TPSA) is 87.5 Å². The Hall–Kier alpha value is -2.08. The molecule has 1 saturated carbocycles. The SMILES string of the molecule is NC(=O)C1(NC(=O)NC[C@H]2CCN(Cc3ccccc3)C2)CCCC1. The number of amides is 3. The number of nitrogens with zero attached hydrogens (tertiary/aromatic N) is 1. The highest BCUT2D eigenvalue weighted by atomic mass is 16.2. The molecule has 136 valence electrons. The van der Waals surface area contributed by atoms with Crippen LogP contribution in [-0.2, 0) is 11.3 Å². The number of primary amides is 1. The smallest absolute Gasteiger partial charge is 0.315 e. The summed E-state index contributed by atoms with van der Waals surface area (Å²) in [5.74, 6) is 0.0256. The van der Waals surface area contributed by atoms with Crippen molar-refractivity contribution in [1.29, 1.82) is 0 Å². The van der Waals surface area contributed by atoms with Gasteiger partial charge >= 0.3 is 6.03 Å². The highest BCUT2D eigenvalue weighted by Crippen LogP contribution is 2.29. The monoisotopic (exact) mass is 344 g/mol. The first-order valence-electron chi connectivity index (χ1n) is 9.20. The Morgan fingerprint density at radius 3 is 2.60 bits per heavy atom. The summed E-state index contributed by atoms with van der Waals surface area (Å²) in [6, 6.07) is 10.2. The number of carbonyl (C=O) groups excluding carboxylic acids is 2. The second-order valence-electron chi connectivity index (χ2n) is 7.36. The van der Waals surface area contributed by atoms with Gasteiger partial charge in [0.05, 0.1) is 0 Å². The summed E-state index contributed by atoms with van der Waals surface area (Å²) in [6.07, 6.45) is 4.22. The average molecular weight is 344 g/mol. The van der Waals surface area contributed by atoms with Gasteiger partial charge in [0.15, 0.2) is 0 Å². The molecule has 0 spiro atoms. The van der Waals surface area contributed by atoms with Gasteiger partial charge in [0.2, 0.25) is 5.91 Å². The minimum absolute atomic E-state index is 0.276. The van der Waals surface area contributed by atoms with Gasteiger partial charge in [-0.05, 0) is 37.3 Å². The number of urea groups is 1. The van der Waals surface area contributed by atoms with Gasteiger partial charge in [-0.1, -0.05) is 43.2 Å². The standard InChI is InChI=1S/C19H28N4O2/c20-17(24)19(9-4-5-10-19)22-18(25)21-12-16-8-11-23(14-16)13-15-6-2-1-3-7-15/h1-3,6-7,16H,4-5,8-14H2,(H2,20,24)(H2,21,22,25)/t16-/m1/s1. The first kappa shape index (κ1) is 17.7. The molecule has 0 unspecified atom stereocenters. The van der Waals surface area contributed by atoms with Crippen molar-refractivity contribution in [3.63, 3.8) is 0 Å². The van der Waals surface area contributed by atoms with Gasteiger partial charge in [-0.2, -0.15) is 0 Å². The molecule has 1 saturated heterocycles. The van der Waals surface area contributed by atoms with Crippen LogP contribution < -0.4 is 16.4 Å². The summed E-state index contributed by atoms with van der Waals surface area (Å²) in [4.78, 5) is 26.3. The van der Waals surface area contributed by atoms with Crippen molar-refractivity contribution in [3.05, 3.63) is 35.9 Å². The maximum absolute atomic E-state index is 12.2. The lowest BCUT2D eigenvalue weighted by molar-refractivity contribution is -0.123. The van der Waals surface area contributed by atoms with E-state index in [1.807, 2.05) is 6.07 Å². The van der Waals surface area contributed by atoms with Crippen LogP contribution in [0.3, 0.4) is 0 Å². The zero-order chi connectivity index (χ0) is 17.7. The summed E-state index contributed by atoms with van der Waals surface area (Å²) < 4.78 is 0. The molecular weight excluding hydrogens is 316 g/mol. The highest BCUT2D eigenvalue weighted by molar-refractivity contribution is 5.90. The summed E-state index contributed by atoms with van der Waals surface area (Å²) in [5.41, 5.74) is 5.97. The third kappa shape index (κ3) is 4.51. The molecule has 2 fully saturated rings. The Labute approximate surface area is 149 Å². The number of likely N-dealkylation sites (tertiary alicyclic amines) is 1. The lowest BCUT2D eigenvalue weighted by Gasteiger charge is -2.27. The van der Waals surface area contributed by atoms with Crippen LogP contribution in [0.1, 0.15) is 37.7 Å². The van der Waals surface area contributed by atoms with E-state index in [9.17, 15) is 9.59 Å². The van der Waals surface area contributed by atoms with Crippen LogP contribution in [0.2, 0.25) is 0 Å². The van der Waals surface area contributed by atoms with Gasteiger partial charge in [0.1, 0.15) is 5.54 Å². The van der Waals surface area contributed by atoms with E-state index in [0.29, 0.717) is 25.3 Å². The molecule has 0 bridgehead atoms. The Balaban J connectivity index is 1.42. The largest absolute Gasteiger partial charge is 0.368 e. The lowest BCUT2D eigenvalue weighted by Crippen LogP contribution is -2.58. The van der Waals surface area contributed by atoms with Crippen molar-refractivity contribution in [2.45, 2.75) is 44.2 Å². The van der Waals surface area contributed by atoms with E-state index in [1.54, 1.807) is 0 Å². The summed E-state index contributed by atoms with van der Waals surface area (Å²) >= 11 is 0. The lowest BCUT2D eigenvalue weighted by atomic mass is 9.97. The number of benzene rings is 1. The number of hydrogen-bond acceptors (Lipinski definition) is 3. The molecule has 25 heavy (non-hydrogen) atoms. The number of nitrogens with one attached hydrogen (secondary N) is 2. The van der Waals surface area contributed by atoms with Crippen LogP contribution in [0.4, 0.5) is 4.79 Å². The third-order valence-corrected chi connectivity index (χ3v) is 5.45. The molecular formula is C19H28N4O2. The van der Waals surface area contributed by atoms with Gasteiger partial charge < -0.3 is 16.4 Å².